The molecule has 3 rings (SSSR count). The maximum atomic E-state index is 11.9. The van der Waals surface area contributed by atoms with Crippen molar-refractivity contribution >= 4 is 22.5 Å². The fraction of sp³-hybridized carbons (Fsp3) is 0.235. The van der Waals surface area contributed by atoms with E-state index in [4.69, 9.17) is 9.15 Å². The zero-order valence-corrected chi connectivity index (χ0v) is 14.7. The van der Waals surface area contributed by atoms with E-state index in [1.54, 1.807) is 0 Å². The number of anilines is 1. The molecule has 2 N–H and O–H groups in total. The quantitative estimate of drug-likeness (QED) is 0.702. The van der Waals surface area contributed by atoms with Crippen LogP contribution in [0.1, 0.15) is 22.1 Å². The highest BCUT2D eigenvalue weighted by molar-refractivity contribution is 7.15. The Bertz CT molecular complexity index is 842. The molecular weight excluding hydrogens is 340 g/mol. The van der Waals surface area contributed by atoms with Crippen molar-refractivity contribution in [3.63, 3.8) is 0 Å². The predicted molar refractivity (Wildman–Crippen MR) is 94.7 cm³/mol. The summed E-state index contributed by atoms with van der Waals surface area (Å²) in [4.78, 5) is 11.9. The van der Waals surface area contributed by atoms with Gasteiger partial charge in [0.15, 0.2) is 5.01 Å². The topological polar surface area (TPSA) is 89.3 Å². The highest BCUT2D eigenvalue weighted by atomic mass is 32.1. The van der Waals surface area contributed by atoms with Crippen LogP contribution in [0.2, 0.25) is 0 Å². The summed E-state index contributed by atoms with van der Waals surface area (Å²) in [7, 11) is 0. The molecule has 130 valence electrons. The van der Waals surface area contributed by atoms with Crippen LogP contribution in [0.3, 0.4) is 0 Å². The van der Waals surface area contributed by atoms with Crippen molar-refractivity contribution in [3.05, 3.63) is 58.5 Å². The first-order valence-electron chi connectivity index (χ1n) is 7.70. The van der Waals surface area contributed by atoms with Crippen molar-refractivity contribution in [2.45, 2.75) is 27.0 Å². The molecule has 0 saturated carbocycles. The molecule has 0 unspecified atom stereocenters. The monoisotopic (exact) mass is 358 g/mol. The maximum absolute atomic E-state index is 11.9. The van der Waals surface area contributed by atoms with Gasteiger partial charge in [-0.1, -0.05) is 29.0 Å². The van der Waals surface area contributed by atoms with Gasteiger partial charge < -0.3 is 14.5 Å². The molecule has 25 heavy (non-hydrogen) atoms. The minimum Gasteiger partial charge on any atom is -0.486 e. The van der Waals surface area contributed by atoms with E-state index >= 15 is 0 Å². The molecule has 2 aromatic heterocycles. The van der Waals surface area contributed by atoms with Gasteiger partial charge >= 0.3 is 6.03 Å². The highest BCUT2D eigenvalue weighted by Gasteiger charge is 2.09. The molecule has 0 aliphatic carbocycles. The first-order chi connectivity index (χ1) is 12.1. The molecular formula is C17H18N4O3S. The number of aromatic nitrogens is 2. The molecule has 0 bridgehead atoms. The Morgan fingerprint density at radius 2 is 1.96 bits per heavy atom. The molecule has 3 aromatic rings. The summed E-state index contributed by atoms with van der Waals surface area (Å²) in [5.74, 6) is 2.26. The van der Waals surface area contributed by atoms with Crippen molar-refractivity contribution in [1.29, 1.82) is 0 Å². The third kappa shape index (κ3) is 5.05. The van der Waals surface area contributed by atoms with Gasteiger partial charge in [-0.2, -0.15) is 0 Å². The van der Waals surface area contributed by atoms with Gasteiger partial charge in [-0.05, 0) is 38.1 Å². The second-order valence-electron chi connectivity index (χ2n) is 5.42. The summed E-state index contributed by atoms with van der Waals surface area (Å²) in [6, 6.07) is 11.1. The Morgan fingerprint density at radius 1 is 1.16 bits per heavy atom. The molecule has 0 aliphatic rings. The second kappa shape index (κ2) is 7.80. The fourth-order valence-electron chi connectivity index (χ4n) is 2.03. The Hall–Kier alpha value is -2.87. The standard InChI is InChI=1S/C17H18N4O3S/c1-11-3-6-13(7-4-11)23-10-15-20-21-17(25-15)19-16(22)18-9-14-8-5-12(2)24-14/h3-8H,9-10H2,1-2H3,(H2,18,19,21,22). The number of carbonyl (C=O) groups is 1. The molecule has 0 atom stereocenters. The molecule has 1 aromatic carbocycles. The molecule has 0 aliphatic heterocycles. The number of furan rings is 1. The SMILES string of the molecule is Cc1ccc(OCc2nnc(NC(=O)NCc3ccc(C)o3)s2)cc1. The Kier molecular flexibility index (Phi) is 5.30. The first-order valence-corrected chi connectivity index (χ1v) is 8.52. The molecule has 8 heteroatoms. The average Bonchev–Trinajstić information content (AvgIpc) is 3.21. The van der Waals surface area contributed by atoms with E-state index in [1.165, 1.54) is 16.9 Å². The van der Waals surface area contributed by atoms with E-state index in [9.17, 15) is 4.79 Å². The number of hydrogen-bond acceptors (Lipinski definition) is 6. The fourth-order valence-corrected chi connectivity index (χ4v) is 2.68. The van der Waals surface area contributed by atoms with E-state index < -0.39 is 0 Å². The van der Waals surface area contributed by atoms with E-state index in [0.29, 0.717) is 29.1 Å². The zero-order valence-electron chi connectivity index (χ0n) is 13.9. The van der Waals surface area contributed by atoms with Crippen LogP contribution < -0.4 is 15.4 Å². The Morgan fingerprint density at radius 3 is 2.68 bits per heavy atom. The Balaban J connectivity index is 1.45. The molecule has 0 fully saturated rings. The van der Waals surface area contributed by atoms with E-state index in [1.807, 2.05) is 50.2 Å². The lowest BCUT2D eigenvalue weighted by Crippen LogP contribution is -2.27. The summed E-state index contributed by atoms with van der Waals surface area (Å²) in [6.45, 7) is 4.48. The van der Waals surface area contributed by atoms with Gasteiger partial charge in [-0.25, -0.2) is 4.79 Å². The van der Waals surface area contributed by atoms with Crippen LogP contribution >= 0.6 is 11.3 Å². The van der Waals surface area contributed by atoms with Gasteiger partial charge in [0.2, 0.25) is 5.13 Å². The molecule has 2 heterocycles. The highest BCUT2D eigenvalue weighted by Crippen LogP contribution is 2.18. The first kappa shape index (κ1) is 17.0. The summed E-state index contributed by atoms with van der Waals surface area (Å²) >= 11 is 1.27. The molecule has 0 saturated heterocycles. The lowest BCUT2D eigenvalue weighted by molar-refractivity contribution is 0.250. The van der Waals surface area contributed by atoms with Gasteiger partial charge in [-0.15, -0.1) is 10.2 Å². The number of hydrogen-bond donors (Lipinski definition) is 2. The second-order valence-corrected chi connectivity index (χ2v) is 6.48. The third-order valence-corrected chi connectivity index (χ3v) is 4.10. The average molecular weight is 358 g/mol. The van der Waals surface area contributed by atoms with Crippen LogP contribution in [0, 0.1) is 13.8 Å². The zero-order chi connectivity index (χ0) is 17.6. The van der Waals surface area contributed by atoms with E-state index in [2.05, 4.69) is 20.8 Å². The minimum atomic E-state index is -0.365. The van der Waals surface area contributed by atoms with Gasteiger partial charge in [0, 0.05) is 0 Å². The molecule has 0 radical (unpaired) electrons. The predicted octanol–water partition coefficient (Wildman–Crippen LogP) is 3.65. The van der Waals surface area contributed by atoms with Gasteiger partial charge in [0.05, 0.1) is 6.54 Å². The lowest BCUT2D eigenvalue weighted by atomic mass is 10.2. The van der Waals surface area contributed by atoms with E-state index in [0.717, 1.165) is 11.5 Å². The van der Waals surface area contributed by atoms with Gasteiger partial charge in [0.1, 0.15) is 23.9 Å². The smallest absolute Gasteiger partial charge is 0.321 e. The number of aryl methyl sites for hydroxylation is 2. The molecule has 2 amide bonds. The number of ether oxygens (including phenoxy) is 1. The number of urea groups is 1. The van der Waals surface area contributed by atoms with Crippen LogP contribution in [0.5, 0.6) is 5.75 Å². The minimum absolute atomic E-state index is 0.301. The normalized spacial score (nSPS) is 10.5. The number of carbonyl (C=O) groups excluding carboxylic acids is 1. The van der Waals surface area contributed by atoms with Crippen LogP contribution in [-0.4, -0.2) is 16.2 Å². The maximum Gasteiger partial charge on any atom is 0.321 e. The number of amides is 2. The number of nitrogens with zero attached hydrogens (tertiary/aromatic N) is 2. The molecule has 0 spiro atoms. The Labute approximate surface area is 149 Å². The van der Waals surface area contributed by atoms with E-state index in [-0.39, 0.29) is 6.03 Å². The number of rotatable bonds is 6. The summed E-state index contributed by atoms with van der Waals surface area (Å²) in [6.07, 6.45) is 0. The van der Waals surface area contributed by atoms with Crippen LogP contribution in [0.25, 0.3) is 0 Å². The third-order valence-electron chi connectivity index (χ3n) is 3.29. The summed E-state index contributed by atoms with van der Waals surface area (Å²) < 4.78 is 11.0. The van der Waals surface area contributed by atoms with Crippen LogP contribution in [-0.2, 0) is 13.2 Å². The number of nitrogens with one attached hydrogen (secondary N) is 2. The van der Waals surface area contributed by atoms with Crippen LogP contribution in [0.4, 0.5) is 9.93 Å². The van der Waals surface area contributed by atoms with Crippen molar-refractivity contribution in [2.24, 2.45) is 0 Å². The van der Waals surface area contributed by atoms with Crippen molar-refractivity contribution in [3.8, 4) is 5.75 Å². The molecule has 7 nitrogen and oxygen atoms in total. The van der Waals surface area contributed by atoms with Crippen molar-refractivity contribution in [2.75, 3.05) is 5.32 Å². The summed E-state index contributed by atoms with van der Waals surface area (Å²) in [5.41, 5.74) is 1.17. The van der Waals surface area contributed by atoms with Crippen molar-refractivity contribution < 1.29 is 13.9 Å². The van der Waals surface area contributed by atoms with Gasteiger partial charge in [-0.3, -0.25) is 5.32 Å². The number of benzene rings is 1. The largest absolute Gasteiger partial charge is 0.486 e. The summed E-state index contributed by atoms with van der Waals surface area (Å²) in [5, 5.41) is 14.4. The van der Waals surface area contributed by atoms with Gasteiger partial charge in [0.25, 0.3) is 0 Å². The van der Waals surface area contributed by atoms with Crippen molar-refractivity contribution in [1.82, 2.24) is 15.5 Å². The van der Waals surface area contributed by atoms with Crippen LogP contribution in [0.15, 0.2) is 40.8 Å². The lowest BCUT2D eigenvalue weighted by Gasteiger charge is -2.03.